The zero-order valence-electron chi connectivity index (χ0n) is 4.37. The fraction of sp³-hybridized carbons (Fsp3) is 0.667. The van der Waals surface area contributed by atoms with E-state index in [1.165, 1.54) is 4.80 Å². The van der Waals surface area contributed by atoms with E-state index in [0.717, 1.165) is 10.3 Å². The van der Waals surface area contributed by atoms with Gasteiger partial charge in [0.1, 0.15) is 0 Å². The van der Waals surface area contributed by atoms with Crippen LogP contribution in [-0.2, 0) is 11.5 Å². The Morgan fingerprint density at radius 2 is 2.50 bits per heavy atom. The van der Waals surface area contributed by atoms with Crippen molar-refractivity contribution in [2.45, 2.75) is 4.43 Å². The SMILES string of the molecule is Cn1nnc(CI)n1. The summed E-state index contributed by atoms with van der Waals surface area (Å²) in [6.07, 6.45) is 0. The Hall–Kier alpha value is -0.200. The van der Waals surface area contributed by atoms with Crippen LogP contribution in [0.3, 0.4) is 0 Å². The monoisotopic (exact) mass is 224 g/mol. The van der Waals surface area contributed by atoms with Gasteiger partial charge < -0.3 is 0 Å². The molecule has 1 aromatic rings. The van der Waals surface area contributed by atoms with Gasteiger partial charge in [-0.25, -0.2) is 0 Å². The lowest BCUT2D eigenvalue weighted by Gasteiger charge is -1.76. The Kier molecular flexibility index (Phi) is 1.77. The number of hydrogen-bond donors (Lipinski definition) is 0. The third-order valence-electron chi connectivity index (χ3n) is 0.669. The summed E-state index contributed by atoms with van der Waals surface area (Å²) in [6.45, 7) is 0. The molecule has 5 heteroatoms. The molecule has 0 aromatic carbocycles. The summed E-state index contributed by atoms with van der Waals surface area (Å²) in [4.78, 5) is 1.45. The van der Waals surface area contributed by atoms with Crippen LogP contribution in [-0.4, -0.2) is 20.2 Å². The fourth-order valence-corrected chi connectivity index (χ4v) is 0.682. The second-order valence-electron chi connectivity index (χ2n) is 1.33. The van der Waals surface area contributed by atoms with Crippen molar-refractivity contribution in [3.8, 4) is 0 Å². The van der Waals surface area contributed by atoms with Crippen LogP contribution in [0, 0.1) is 0 Å². The van der Waals surface area contributed by atoms with Crippen molar-refractivity contribution in [3.05, 3.63) is 5.82 Å². The molecule has 0 N–H and O–H groups in total. The minimum Gasteiger partial charge on any atom is -0.167 e. The zero-order valence-corrected chi connectivity index (χ0v) is 6.53. The van der Waals surface area contributed by atoms with E-state index < -0.39 is 0 Å². The standard InChI is InChI=1S/C3H5IN4/c1-8-6-3(2-4)5-7-8/h2H2,1H3. The molecular formula is C3H5IN4. The van der Waals surface area contributed by atoms with Gasteiger partial charge in [-0.05, 0) is 5.21 Å². The zero-order chi connectivity index (χ0) is 5.98. The van der Waals surface area contributed by atoms with Crippen molar-refractivity contribution < 1.29 is 0 Å². The molecule has 0 amide bonds. The Bertz CT molecular complexity index is 172. The van der Waals surface area contributed by atoms with Crippen LogP contribution in [0.1, 0.15) is 5.82 Å². The third-order valence-corrected chi connectivity index (χ3v) is 1.35. The molecular weight excluding hydrogens is 219 g/mol. The molecule has 4 nitrogen and oxygen atoms in total. The van der Waals surface area contributed by atoms with Gasteiger partial charge in [-0.1, -0.05) is 22.6 Å². The number of aromatic nitrogens is 4. The quantitative estimate of drug-likeness (QED) is 0.503. The molecule has 0 radical (unpaired) electrons. The first kappa shape index (κ1) is 5.93. The summed E-state index contributed by atoms with van der Waals surface area (Å²) in [7, 11) is 1.75. The van der Waals surface area contributed by atoms with Gasteiger partial charge in [0.25, 0.3) is 0 Å². The van der Waals surface area contributed by atoms with Gasteiger partial charge in [-0.3, -0.25) is 0 Å². The molecule has 0 saturated heterocycles. The van der Waals surface area contributed by atoms with Crippen LogP contribution in [0.2, 0.25) is 0 Å². The number of tetrazole rings is 1. The lowest BCUT2D eigenvalue weighted by molar-refractivity contribution is 0.628. The first-order chi connectivity index (χ1) is 3.83. The van der Waals surface area contributed by atoms with Crippen molar-refractivity contribution in [1.29, 1.82) is 0 Å². The van der Waals surface area contributed by atoms with Crippen molar-refractivity contribution in [2.75, 3.05) is 0 Å². The number of halogens is 1. The summed E-state index contributed by atoms with van der Waals surface area (Å²) in [5.74, 6) is 0.785. The van der Waals surface area contributed by atoms with Crippen LogP contribution >= 0.6 is 22.6 Å². The molecule has 8 heavy (non-hydrogen) atoms. The van der Waals surface area contributed by atoms with Gasteiger partial charge in [-0.2, -0.15) is 4.80 Å². The minimum absolute atomic E-state index is 0.785. The van der Waals surface area contributed by atoms with Crippen molar-refractivity contribution in [3.63, 3.8) is 0 Å². The van der Waals surface area contributed by atoms with E-state index in [2.05, 4.69) is 38.0 Å². The molecule has 44 valence electrons. The fourth-order valence-electron chi connectivity index (χ4n) is 0.377. The molecule has 1 aromatic heterocycles. The minimum atomic E-state index is 0.785. The summed E-state index contributed by atoms with van der Waals surface area (Å²) in [5, 5.41) is 11.3. The summed E-state index contributed by atoms with van der Waals surface area (Å²) in [6, 6.07) is 0. The molecule has 0 spiro atoms. The van der Waals surface area contributed by atoms with E-state index in [9.17, 15) is 0 Å². The van der Waals surface area contributed by atoms with Crippen molar-refractivity contribution in [2.24, 2.45) is 7.05 Å². The molecule has 1 heterocycles. The van der Waals surface area contributed by atoms with E-state index in [1.807, 2.05) is 0 Å². The maximum atomic E-state index is 3.92. The molecule has 0 aliphatic heterocycles. The highest BCUT2D eigenvalue weighted by Crippen LogP contribution is 1.93. The van der Waals surface area contributed by atoms with Crippen molar-refractivity contribution >= 4 is 22.6 Å². The molecule has 0 aliphatic carbocycles. The summed E-state index contributed by atoms with van der Waals surface area (Å²) >= 11 is 2.19. The van der Waals surface area contributed by atoms with Gasteiger partial charge >= 0.3 is 0 Å². The number of rotatable bonds is 1. The average molecular weight is 224 g/mol. The van der Waals surface area contributed by atoms with Gasteiger partial charge in [0.2, 0.25) is 0 Å². The maximum absolute atomic E-state index is 3.92. The summed E-state index contributed by atoms with van der Waals surface area (Å²) < 4.78 is 0.825. The number of aryl methyl sites for hydroxylation is 1. The predicted octanol–water partition coefficient (Wildman–Crippen LogP) is 0.145. The Labute approximate surface area is 60.4 Å². The lowest BCUT2D eigenvalue weighted by Crippen LogP contribution is -1.91. The Morgan fingerprint density at radius 1 is 1.75 bits per heavy atom. The number of alkyl halides is 1. The predicted molar refractivity (Wildman–Crippen MR) is 36.5 cm³/mol. The number of hydrogen-bond acceptors (Lipinski definition) is 3. The molecule has 0 aliphatic rings. The molecule has 0 atom stereocenters. The van der Waals surface area contributed by atoms with Gasteiger partial charge in [-0.15, -0.1) is 10.2 Å². The Morgan fingerprint density at radius 3 is 2.75 bits per heavy atom. The van der Waals surface area contributed by atoms with Crippen molar-refractivity contribution in [1.82, 2.24) is 20.2 Å². The van der Waals surface area contributed by atoms with Gasteiger partial charge in [0, 0.05) is 0 Å². The smallest absolute Gasteiger partial charge is 0.167 e. The number of nitrogens with zero attached hydrogens (tertiary/aromatic N) is 4. The topological polar surface area (TPSA) is 43.6 Å². The van der Waals surface area contributed by atoms with Crippen LogP contribution in [0.15, 0.2) is 0 Å². The van der Waals surface area contributed by atoms with Gasteiger partial charge in [0.05, 0.1) is 11.5 Å². The van der Waals surface area contributed by atoms with Crippen LogP contribution in [0.25, 0.3) is 0 Å². The third kappa shape index (κ3) is 1.15. The highest BCUT2D eigenvalue weighted by Gasteiger charge is 1.93. The van der Waals surface area contributed by atoms with E-state index in [4.69, 9.17) is 0 Å². The molecule has 0 unspecified atom stereocenters. The van der Waals surface area contributed by atoms with E-state index in [-0.39, 0.29) is 0 Å². The molecule has 1 rings (SSSR count). The summed E-state index contributed by atoms with van der Waals surface area (Å²) in [5.41, 5.74) is 0. The normalized spacial score (nSPS) is 9.75. The Balaban J connectivity index is 2.84. The molecule has 0 fully saturated rings. The largest absolute Gasteiger partial charge is 0.184 e. The van der Waals surface area contributed by atoms with Crippen LogP contribution in [0.5, 0.6) is 0 Å². The first-order valence-corrected chi connectivity index (χ1v) is 3.64. The van der Waals surface area contributed by atoms with Gasteiger partial charge in [0.15, 0.2) is 5.82 Å². The first-order valence-electron chi connectivity index (χ1n) is 2.12. The highest BCUT2D eigenvalue weighted by molar-refractivity contribution is 14.1. The van der Waals surface area contributed by atoms with E-state index in [0.29, 0.717) is 0 Å². The molecule has 0 bridgehead atoms. The second-order valence-corrected chi connectivity index (χ2v) is 2.09. The molecule has 0 saturated carbocycles. The second kappa shape index (κ2) is 2.38. The lowest BCUT2D eigenvalue weighted by atomic mass is 10.8. The average Bonchev–Trinajstić information content (AvgIpc) is 2.14. The van der Waals surface area contributed by atoms with Crippen LogP contribution in [0.4, 0.5) is 0 Å². The van der Waals surface area contributed by atoms with Crippen LogP contribution < -0.4 is 0 Å². The van der Waals surface area contributed by atoms with E-state index in [1.54, 1.807) is 7.05 Å². The maximum Gasteiger partial charge on any atom is 0.184 e. The van der Waals surface area contributed by atoms with E-state index >= 15 is 0 Å². The highest BCUT2D eigenvalue weighted by atomic mass is 127.